The van der Waals surface area contributed by atoms with Crippen LogP contribution in [0, 0.1) is 12.7 Å². The molecule has 0 bridgehead atoms. The molecular weight excluding hydrogens is 219 g/mol. The minimum absolute atomic E-state index is 0.217. The van der Waals surface area contributed by atoms with Crippen LogP contribution in [0.3, 0.4) is 0 Å². The fraction of sp³-hybridized carbons (Fsp3) is 0.455. The first kappa shape index (κ1) is 12.8. The van der Waals surface area contributed by atoms with Crippen molar-refractivity contribution in [3.8, 4) is 5.75 Å². The molecule has 0 aromatic heterocycles. The molecule has 1 rings (SSSR count). The van der Waals surface area contributed by atoms with Gasteiger partial charge in [0.05, 0.1) is 0 Å². The lowest BCUT2D eigenvalue weighted by Gasteiger charge is -2.15. The molecule has 16 heavy (non-hydrogen) atoms. The SMILES string of the molecule is Cc1cc(OCC(F)F)c([C@H](C)N)cc1F. The van der Waals surface area contributed by atoms with Crippen LogP contribution in [0.5, 0.6) is 5.75 Å². The fourth-order valence-corrected chi connectivity index (χ4v) is 1.30. The second-order valence-corrected chi connectivity index (χ2v) is 3.63. The van der Waals surface area contributed by atoms with Gasteiger partial charge in [0.15, 0.2) is 0 Å². The summed E-state index contributed by atoms with van der Waals surface area (Å²) in [7, 11) is 0. The van der Waals surface area contributed by atoms with Crippen LogP contribution in [-0.4, -0.2) is 13.0 Å². The quantitative estimate of drug-likeness (QED) is 0.867. The van der Waals surface area contributed by atoms with Crippen molar-refractivity contribution in [2.45, 2.75) is 26.3 Å². The number of benzene rings is 1. The van der Waals surface area contributed by atoms with Crippen LogP contribution in [-0.2, 0) is 0 Å². The van der Waals surface area contributed by atoms with Gasteiger partial charge < -0.3 is 10.5 Å². The molecular formula is C11H14F3NO. The third-order valence-corrected chi connectivity index (χ3v) is 2.15. The summed E-state index contributed by atoms with van der Waals surface area (Å²) in [5.74, 6) is -0.203. The van der Waals surface area contributed by atoms with Gasteiger partial charge in [0, 0.05) is 11.6 Å². The Labute approximate surface area is 92.2 Å². The average Bonchev–Trinajstić information content (AvgIpc) is 2.18. The molecule has 0 saturated carbocycles. The Morgan fingerprint density at radius 1 is 1.38 bits per heavy atom. The molecule has 0 aliphatic heterocycles. The summed E-state index contributed by atoms with van der Waals surface area (Å²) in [5.41, 5.74) is 6.34. The second-order valence-electron chi connectivity index (χ2n) is 3.63. The van der Waals surface area contributed by atoms with Gasteiger partial charge >= 0.3 is 0 Å². The maximum absolute atomic E-state index is 13.3. The van der Waals surface area contributed by atoms with E-state index in [1.165, 1.54) is 19.1 Å². The first-order chi connectivity index (χ1) is 7.41. The standard InChI is InChI=1S/C11H14F3NO/c1-6-3-10(16-5-11(13)14)8(7(2)15)4-9(6)12/h3-4,7,11H,5,15H2,1-2H3/t7-/m0/s1. The van der Waals surface area contributed by atoms with Gasteiger partial charge in [-0.3, -0.25) is 0 Å². The summed E-state index contributed by atoms with van der Waals surface area (Å²) in [6.45, 7) is 2.46. The molecule has 0 spiro atoms. The minimum Gasteiger partial charge on any atom is -0.487 e. The molecule has 5 heteroatoms. The van der Waals surface area contributed by atoms with E-state index in [9.17, 15) is 13.2 Å². The highest BCUT2D eigenvalue weighted by Gasteiger charge is 2.13. The van der Waals surface area contributed by atoms with E-state index in [2.05, 4.69) is 0 Å². The van der Waals surface area contributed by atoms with Crippen LogP contribution in [0.4, 0.5) is 13.2 Å². The number of halogens is 3. The normalized spacial score (nSPS) is 12.9. The highest BCUT2D eigenvalue weighted by atomic mass is 19.3. The number of nitrogens with two attached hydrogens (primary N) is 1. The van der Waals surface area contributed by atoms with Crippen molar-refractivity contribution >= 4 is 0 Å². The maximum atomic E-state index is 13.3. The number of ether oxygens (including phenoxy) is 1. The van der Waals surface area contributed by atoms with Crippen LogP contribution in [0.25, 0.3) is 0 Å². The molecule has 2 nitrogen and oxygen atoms in total. The zero-order valence-electron chi connectivity index (χ0n) is 9.14. The third kappa shape index (κ3) is 3.13. The Kier molecular flexibility index (Phi) is 4.18. The van der Waals surface area contributed by atoms with Crippen LogP contribution >= 0.6 is 0 Å². The zero-order valence-corrected chi connectivity index (χ0v) is 9.14. The molecule has 0 saturated heterocycles. The van der Waals surface area contributed by atoms with Gasteiger partial charge in [-0.25, -0.2) is 13.2 Å². The average molecular weight is 233 g/mol. The highest BCUT2D eigenvalue weighted by molar-refractivity contribution is 5.39. The van der Waals surface area contributed by atoms with Gasteiger partial charge in [-0.1, -0.05) is 0 Å². The lowest BCUT2D eigenvalue weighted by Crippen LogP contribution is -2.12. The van der Waals surface area contributed by atoms with Crippen LogP contribution in [0.1, 0.15) is 24.1 Å². The largest absolute Gasteiger partial charge is 0.487 e. The van der Waals surface area contributed by atoms with Gasteiger partial charge in [-0.05, 0) is 31.5 Å². The molecule has 2 N–H and O–H groups in total. The number of hydrogen-bond donors (Lipinski definition) is 1. The lowest BCUT2D eigenvalue weighted by molar-refractivity contribution is 0.0812. The summed E-state index contributed by atoms with van der Waals surface area (Å²) >= 11 is 0. The summed E-state index contributed by atoms with van der Waals surface area (Å²) in [4.78, 5) is 0. The lowest BCUT2D eigenvalue weighted by atomic mass is 10.1. The molecule has 90 valence electrons. The van der Waals surface area contributed by atoms with Crippen molar-refractivity contribution < 1.29 is 17.9 Å². The Morgan fingerprint density at radius 2 is 2.00 bits per heavy atom. The first-order valence-corrected chi connectivity index (χ1v) is 4.88. The van der Waals surface area contributed by atoms with Gasteiger partial charge in [-0.15, -0.1) is 0 Å². The molecule has 0 heterocycles. The summed E-state index contributed by atoms with van der Waals surface area (Å²) in [5, 5.41) is 0. The van der Waals surface area contributed by atoms with Crippen molar-refractivity contribution in [1.82, 2.24) is 0 Å². The second kappa shape index (κ2) is 5.21. The Balaban J connectivity index is 3.00. The molecule has 1 aromatic carbocycles. The van der Waals surface area contributed by atoms with Crippen molar-refractivity contribution in [2.75, 3.05) is 6.61 Å². The monoisotopic (exact) mass is 233 g/mol. The Bertz CT molecular complexity index is 366. The molecule has 0 amide bonds. The Hall–Kier alpha value is -1.23. The summed E-state index contributed by atoms with van der Waals surface area (Å²) in [6.07, 6.45) is -2.56. The predicted octanol–water partition coefficient (Wildman–Crippen LogP) is 2.80. The van der Waals surface area contributed by atoms with E-state index >= 15 is 0 Å². The van der Waals surface area contributed by atoms with E-state index < -0.39 is 24.9 Å². The van der Waals surface area contributed by atoms with E-state index in [-0.39, 0.29) is 5.75 Å². The van der Waals surface area contributed by atoms with E-state index in [0.29, 0.717) is 11.1 Å². The number of hydrogen-bond acceptors (Lipinski definition) is 2. The van der Waals surface area contributed by atoms with Gasteiger partial charge in [0.25, 0.3) is 6.43 Å². The predicted molar refractivity (Wildman–Crippen MR) is 55.2 cm³/mol. The Morgan fingerprint density at radius 3 is 2.50 bits per heavy atom. The molecule has 0 aliphatic rings. The van der Waals surface area contributed by atoms with Crippen LogP contribution in [0.2, 0.25) is 0 Å². The molecule has 0 radical (unpaired) electrons. The van der Waals surface area contributed by atoms with Crippen LogP contribution in [0.15, 0.2) is 12.1 Å². The topological polar surface area (TPSA) is 35.2 Å². The molecule has 0 fully saturated rings. The van der Waals surface area contributed by atoms with E-state index in [0.717, 1.165) is 0 Å². The van der Waals surface area contributed by atoms with Crippen molar-refractivity contribution in [3.05, 3.63) is 29.1 Å². The zero-order chi connectivity index (χ0) is 12.3. The molecule has 0 aliphatic carbocycles. The fourth-order valence-electron chi connectivity index (χ4n) is 1.30. The molecule has 0 unspecified atom stereocenters. The van der Waals surface area contributed by atoms with Gasteiger partial charge in [-0.2, -0.15) is 0 Å². The van der Waals surface area contributed by atoms with Crippen molar-refractivity contribution in [2.24, 2.45) is 5.73 Å². The van der Waals surface area contributed by atoms with Crippen molar-refractivity contribution in [1.29, 1.82) is 0 Å². The minimum atomic E-state index is -2.56. The summed E-state index contributed by atoms with van der Waals surface area (Å²) < 4.78 is 42.2. The molecule has 1 aromatic rings. The first-order valence-electron chi connectivity index (χ1n) is 4.88. The van der Waals surface area contributed by atoms with Crippen molar-refractivity contribution in [3.63, 3.8) is 0 Å². The van der Waals surface area contributed by atoms with E-state index in [1.54, 1.807) is 6.92 Å². The smallest absolute Gasteiger partial charge is 0.272 e. The van der Waals surface area contributed by atoms with Gasteiger partial charge in [0.1, 0.15) is 18.2 Å². The van der Waals surface area contributed by atoms with E-state index in [4.69, 9.17) is 10.5 Å². The number of rotatable bonds is 4. The van der Waals surface area contributed by atoms with Gasteiger partial charge in [0.2, 0.25) is 0 Å². The third-order valence-electron chi connectivity index (χ3n) is 2.15. The number of aryl methyl sites for hydroxylation is 1. The molecule has 1 atom stereocenters. The van der Waals surface area contributed by atoms with Crippen LogP contribution < -0.4 is 10.5 Å². The van der Waals surface area contributed by atoms with E-state index in [1.807, 2.05) is 0 Å². The maximum Gasteiger partial charge on any atom is 0.272 e. The highest BCUT2D eigenvalue weighted by Crippen LogP contribution is 2.27. The summed E-state index contributed by atoms with van der Waals surface area (Å²) in [6, 6.07) is 2.14. The number of alkyl halides is 2.